The number of carbonyl (C=O) groups is 3. The molecule has 0 aliphatic carbocycles. The highest BCUT2D eigenvalue weighted by molar-refractivity contribution is 5.88. The molecule has 1 saturated heterocycles. The van der Waals surface area contributed by atoms with E-state index in [0.29, 0.717) is 0 Å². The van der Waals surface area contributed by atoms with E-state index in [1.54, 1.807) is 4.90 Å². The summed E-state index contributed by atoms with van der Waals surface area (Å²) in [6.45, 7) is 8.96. The first kappa shape index (κ1) is 21.7. The van der Waals surface area contributed by atoms with Crippen molar-refractivity contribution in [2.24, 2.45) is 0 Å². The molecule has 2 rings (SSSR count). The van der Waals surface area contributed by atoms with Crippen LogP contribution in [0.4, 0.5) is 4.79 Å². The van der Waals surface area contributed by atoms with Crippen molar-refractivity contribution in [2.75, 3.05) is 7.11 Å². The zero-order valence-electron chi connectivity index (χ0n) is 17.5. The number of rotatable bonds is 4. The summed E-state index contributed by atoms with van der Waals surface area (Å²) in [6, 6.07) is 9.44. The van der Waals surface area contributed by atoms with Crippen molar-refractivity contribution in [2.45, 2.75) is 70.7 Å². The van der Waals surface area contributed by atoms with Crippen molar-refractivity contribution in [1.29, 1.82) is 0 Å². The fourth-order valence-electron chi connectivity index (χ4n) is 4.61. The Bertz CT molecular complexity index is 724. The van der Waals surface area contributed by atoms with Gasteiger partial charge in [-0.05, 0) is 33.3 Å². The molecule has 1 heterocycles. The largest absolute Gasteiger partial charge is 0.467 e. The van der Waals surface area contributed by atoms with E-state index in [1.165, 1.54) is 14.0 Å². The monoisotopic (exact) mass is 390 g/mol. The molecule has 1 aromatic carbocycles. The third-order valence-electron chi connectivity index (χ3n) is 5.06. The third kappa shape index (κ3) is 4.46. The number of likely N-dealkylation sites (tertiary alicyclic amines) is 1. The quantitative estimate of drug-likeness (QED) is 0.799. The molecule has 0 unspecified atom stereocenters. The van der Waals surface area contributed by atoms with E-state index in [4.69, 9.17) is 9.47 Å². The maximum atomic E-state index is 13.0. The van der Waals surface area contributed by atoms with Gasteiger partial charge in [0.25, 0.3) is 0 Å². The zero-order chi connectivity index (χ0) is 21.2. The molecule has 7 nitrogen and oxygen atoms in total. The second-order valence-corrected chi connectivity index (χ2v) is 8.61. The van der Waals surface area contributed by atoms with Gasteiger partial charge in [-0.25, -0.2) is 9.59 Å². The molecule has 1 N–H and O–H groups in total. The average molecular weight is 390 g/mol. The zero-order valence-corrected chi connectivity index (χ0v) is 17.5. The van der Waals surface area contributed by atoms with Crippen LogP contribution in [0, 0.1) is 0 Å². The van der Waals surface area contributed by atoms with Gasteiger partial charge in [-0.3, -0.25) is 9.69 Å². The van der Waals surface area contributed by atoms with Crippen molar-refractivity contribution >= 4 is 18.0 Å². The number of esters is 1. The average Bonchev–Trinajstić information content (AvgIpc) is 2.57. The Balaban J connectivity index is 2.29. The summed E-state index contributed by atoms with van der Waals surface area (Å²) >= 11 is 0. The van der Waals surface area contributed by atoms with Crippen molar-refractivity contribution in [3.8, 4) is 0 Å². The molecule has 0 radical (unpaired) electrons. The van der Waals surface area contributed by atoms with Crippen LogP contribution in [0.3, 0.4) is 0 Å². The molecule has 1 fully saturated rings. The number of nitrogens with one attached hydrogen (secondary N) is 1. The molecule has 2 amide bonds. The van der Waals surface area contributed by atoms with Gasteiger partial charge in [0.2, 0.25) is 5.91 Å². The lowest BCUT2D eigenvalue weighted by molar-refractivity contribution is -0.160. The number of piperidine rings is 1. The van der Waals surface area contributed by atoms with E-state index >= 15 is 0 Å². The Hall–Kier alpha value is -2.57. The molecule has 0 aromatic heterocycles. The van der Waals surface area contributed by atoms with Gasteiger partial charge in [0.05, 0.1) is 7.11 Å². The maximum Gasteiger partial charge on any atom is 0.410 e. The van der Waals surface area contributed by atoms with Gasteiger partial charge in [0.15, 0.2) is 0 Å². The first-order valence-corrected chi connectivity index (χ1v) is 9.32. The molecule has 0 bridgehead atoms. The van der Waals surface area contributed by atoms with Gasteiger partial charge in [0, 0.05) is 30.8 Å². The Labute approximate surface area is 166 Å². The maximum absolute atomic E-state index is 13.0. The number of benzene rings is 1. The lowest BCUT2D eigenvalue weighted by Crippen LogP contribution is -2.72. The fraction of sp³-hybridized carbons (Fsp3) is 0.571. The van der Waals surface area contributed by atoms with Crippen molar-refractivity contribution in [1.82, 2.24) is 10.2 Å². The molecule has 1 aliphatic rings. The summed E-state index contributed by atoms with van der Waals surface area (Å²) in [7, 11) is 1.30. The molecule has 154 valence electrons. The Morgan fingerprint density at radius 2 is 1.57 bits per heavy atom. The minimum absolute atomic E-state index is 0.163. The van der Waals surface area contributed by atoms with Crippen LogP contribution in [0.2, 0.25) is 0 Å². The van der Waals surface area contributed by atoms with E-state index in [9.17, 15) is 14.4 Å². The Morgan fingerprint density at radius 3 is 2.04 bits per heavy atom. The minimum atomic E-state index is -1.20. The molecule has 1 aliphatic heterocycles. The van der Waals surface area contributed by atoms with Crippen LogP contribution in [0.15, 0.2) is 30.3 Å². The fourth-order valence-corrected chi connectivity index (χ4v) is 4.61. The first-order chi connectivity index (χ1) is 12.9. The standard InChI is InChI=1S/C21H30N2O5/c1-15(24)22-21(17(25)27-6)13-19(2,3)23(20(4,5)14-21)18(26)28-12-16-10-8-7-9-11-16/h7-11H,12-14H2,1-6H3,(H,22,24). The number of hydrogen-bond acceptors (Lipinski definition) is 5. The number of methoxy groups -OCH3 is 1. The van der Waals surface area contributed by atoms with Crippen LogP contribution in [-0.4, -0.2) is 46.6 Å². The lowest BCUT2D eigenvalue weighted by Gasteiger charge is -2.57. The van der Waals surface area contributed by atoms with E-state index in [2.05, 4.69) is 5.32 Å². The number of hydrogen-bond donors (Lipinski definition) is 1. The summed E-state index contributed by atoms with van der Waals surface area (Å²) < 4.78 is 10.6. The van der Waals surface area contributed by atoms with Crippen molar-refractivity contribution in [3.63, 3.8) is 0 Å². The smallest absolute Gasteiger partial charge is 0.410 e. The summed E-state index contributed by atoms with van der Waals surface area (Å²) in [6.07, 6.45) is -0.0215. The minimum Gasteiger partial charge on any atom is -0.467 e. The van der Waals surface area contributed by atoms with Gasteiger partial charge in [0.1, 0.15) is 12.1 Å². The van der Waals surface area contributed by atoms with Gasteiger partial charge in [-0.15, -0.1) is 0 Å². The normalized spacial score (nSPS) is 19.4. The lowest BCUT2D eigenvalue weighted by atomic mass is 9.69. The van der Waals surface area contributed by atoms with Crippen LogP contribution in [0.25, 0.3) is 0 Å². The number of amides is 2. The predicted octanol–water partition coefficient (Wildman–Crippen LogP) is 3.02. The molecule has 0 saturated carbocycles. The van der Waals surface area contributed by atoms with Crippen LogP contribution in [0.5, 0.6) is 0 Å². The van der Waals surface area contributed by atoms with Crippen LogP contribution in [0.1, 0.15) is 53.0 Å². The van der Waals surface area contributed by atoms with Crippen molar-refractivity contribution in [3.05, 3.63) is 35.9 Å². The molecule has 7 heteroatoms. The topological polar surface area (TPSA) is 84.9 Å². The van der Waals surface area contributed by atoms with E-state index in [-0.39, 0.29) is 25.4 Å². The molecule has 0 atom stereocenters. The highest BCUT2D eigenvalue weighted by atomic mass is 16.6. The first-order valence-electron chi connectivity index (χ1n) is 9.32. The third-order valence-corrected chi connectivity index (χ3v) is 5.06. The Kier molecular flexibility index (Phi) is 6.06. The summed E-state index contributed by atoms with van der Waals surface area (Å²) in [4.78, 5) is 39.1. The highest BCUT2D eigenvalue weighted by Crippen LogP contribution is 2.44. The van der Waals surface area contributed by atoms with Gasteiger partial charge in [-0.2, -0.15) is 0 Å². The molecule has 28 heavy (non-hydrogen) atoms. The summed E-state index contributed by atoms with van der Waals surface area (Å²) in [5, 5.41) is 2.78. The molecular weight excluding hydrogens is 360 g/mol. The van der Waals surface area contributed by atoms with Crippen LogP contribution in [-0.2, 0) is 25.7 Å². The van der Waals surface area contributed by atoms with Gasteiger partial charge < -0.3 is 14.8 Å². The van der Waals surface area contributed by atoms with E-state index < -0.39 is 28.7 Å². The molecule has 0 spiro atoms. The SMILES string of the molecule is COC(=O)C1(NC(C)=O)CC(C)(C)N(C(=O)OCc2ccccc2)C(C)(C)C1. The Morgan fingerprint density at radius 1 is 1.04 bits per heavy atom. The summed E-state index contributed by atoms with van der Waals surface area (Å²) in [5.74, 6) is -0.835. The highest BCUT2D eigenvalue weighted by Gasteiger charge is 2.58. The van der Waals surface area contributed by atoms with Gasteiger partial charge >= 0.3 is 12.1 Å². The van der Waals surface area contributed by atoms with E-state index in [0.717, 1.165) is 5.56 Å². The summed E-state index contributed by atoms with van der Waals surface area (Å²) in [5.41, 5.74) is -1.83. The van der Waals surface area contributed by atoms with Crippen LogP contribution < -0.4 is 5.32 Å². The van der Waals surface area contributed by atoms with E-state index in [1.807, 2.05) is 58.0 Å². The molecule has 1 aromatic rings. The van der Waals surface area contributed by atoms with Crippen molar-refractivity contribution < 1.29 is 23.9 Å². The number of ether oxygens (including phenoxy) is 2. The molecular formula is C21H30N2O5. The second kappa shape index (κ2) is 7.81. The second-order valence-electron chi connectivity index (χ2n) is 8.61. The predicted molar refractivity (Wildman–Crippen MR) is 104 cm³/mol. The van der Waals surface area contributed by atoms with Crippen LogP contribution >= 0.6 is 0 Å². The number of nitrogens with zero attached hydrogens (tertiary/aromatic N) is 1. The van der Waals surface area contributed by atoms with Gasteiger partial charge in [-0.1, -0.05) is 30.3 Å². The number of carbonyl (C=O) groups excluding carboxylic acids is 3.